The van der Waals surface area contributed by atoms with E-state index < -0.39 is 6.10 Å². The number of halogens is 2. The molecule has 0 aromatic heterocycles. The van der Waals surface area contributed by atoms with Crippen LogP contribution in [0.2, 0.25) is 0 Å². The van der Waals surface area contributed by atoms with E-state index in [4.69, 9.17) is 0 Å². The van der Waals surface area contributed by atoms with E-state index in [0.29, 0.717) is 18.7 Å². The molecule has 3 nitrogen and oxygen atoms in total. The van der Waals surface area contributed by atoms with Crippen LogP contribution in [0.25, 0.3) is 0 Å². The molecule has 1 aromatic rings. The van der Waals surface area contributed by atoms with Crippen LogP contribution in [0.4, 0.5) is 4.39 Å². The maximum absolute atomic E-state index is 13.1. The zero-order chi connectivity index (χ0) is 12.4. The van der Waals surface area contributed by atoms with E-state index >= 15 is 0 Å². The van der Waals surface area contributed by atoms with E-state index in [-0.39, 0.29) is 16.2 Å². The van der Waals surface area contributed by atoms with Crippen LogP contribution in [0.3, 0.4) is 0 Å². The highest BCUT2D eigenvalue weighted by atomic mass is 79.9. The lowest BCUT2D eigenvalue weighted by Gasteiger charge is -2.30. The van der Waals surface area contributed by atoms with Crippen LogP contribution in [0.15, 0.2) is 22.7 Å². The van der Waals surface area contributed by atoms with E-state index in [1.807, 2.05) is 0 Å². The summed E-state index contributed by atoms with van der Waals surface area (Å²) in [5.74, 6) is -0.551. The molecule has 1 fully saturated rings. The molecule has 0 saturated carbocycles. The summed E-state index contributed by atoms with van der Waals surface area (Å²) in [5.41, 5.74) is 0.437. The normalized spacial score (nSPS) is 20.4. The first-order chi connectivity index (χ1) is 8.08. The molecular weight excluding hydrogens is 289 g/mol. The van der Waals surface area contributed by atoms with Crippen molar-refractivity contribution in [2.24, 2.45) is 0 Å². The predicted molar refractivity (Wildman–Crippen MR) is 65.2 cm³/mol. The Balaban J connectivity index is 2.15. The number of hydrogen-bond acceptors (Lipinski definition) is 2. The predicted octanol–water partition coefficient (Wildman–Crippen LogP) is 2.19. The lowest BCUT2D eigenvalue weighted by Crippen LogP contribution is -2.42. The average Bonchev–Trinajstić information content (AvgIpc) is 2.32. The molecule has 0 aliphatic carbocycles. The molecule has 1 atom stereocenters. The van der Waals surface area contributed by atoms with Crippen molar-refractivity contribution in [1.29, 1.82) is 0 Å². The number of aliphatic hydroxyl groups is 1. The summed E-state index contributed by atoms with van der Waals surface area (Å²) in [7, 11) is 0. The van der Waals surface area contributed by atoms with E-state index in [1.165, 1.54) is 18.2 Å². The highest BCUT2D eigenvalue weighted by Crippen LogP contribution is 2.19. The van der Waals surface area contributed by atoms with Crippen molar-refractivity contribution in [3.05, 3.63) is 34.1 Å². The van der Waals surface area contributed by atoms with E-state index in [1.54, 1.807) is 4.90 Å². The molecule has 1 aromatic carbocycles. The van der Waals surface area contributed by atoms with Gasteiger partial charge in [0.05, 0.1) is 10.6 Å². The Morgan fingerprint density at radius 2 is 2.29 bits per heavy atom. The molecule has 92 valence electrons. The Morgan fingerprint density at radius 3 is 2.94 bits per heavy atom. The van der Waals surface area contributed by atoms with Gasteiger partial charge in [-0.2, -0.15) is 0 Å². The molecule has 1 aliphatic heterocycles. The van der Waals surface area contributed by atoms with Gasteiger partial charge < -0.3 is 10.0 Å². The van der Waals surface area contributed by atoms with Gasteiger partial charge in [0.25, 0.3) is 5.91 Å². The molecule has 1 amide bonds. The van der Waals surface area contributed by atoms with Crippen molar-refractivity contribution in [2.45, 2.75) is 18.9 Å². The van der Waals surface area contributed by atoms with Crippen molar-refractivity contribution in [2.75, 3.05) is 13.1 Å². The molecule has 0 radical (unpaired) electrons. The van der Waals surface area contributed by atoms with Crippen LogP contribution >= 0.6 is 15.9 Å². The summed E-state index contributed by atoms with van der Waals surface area (Å²) in [6, 6.07) is 4.19. The highest BCUT2D eigenvalue weighted by molar-refractivity contribution is 9.10. The molecule has 1 N–H and O–H groups in total. The SMILES string of the molecule is O=C(c1ccc(F)c(Br)c1)N1CCCC(O)C1. The number of nitrogens with zero attached hydrogens (tertiary/aromatic N) is 1. The molecule has 1 saturated heterocycles. The summed E-state index contributed by atoms with van der Waals surface area (Å²) in [6.45, 7) is 0.999. The first kappa shape index (κ1) is 12.5. The zero-order valence-corrected chi connectivity index (χ0v) is 10.8. The van der Waals surface area contributed by atoms with Crippen molar-refractivity contribution < 1.29 is 14.3 Å². The van der Waals surface area contributed by atoms with Gasteiger partial charge in [-0.15, -0.1) is 0 Å². The van der Waals surface area contributed by atoms with Crippen LogP contribution in [-0.2, 0) is 0 Å². The summed E-state index contributed by atoms with van der Waals surface area (Å²) < 4.78 is 13.3. The van der Waals surface area contributed by atoms with Crippen LogP contribution < -0.4 is 0 Å². The van der Waals surface area contributed by atoms with Gasteiger partial charge in [0.15, 0.2) is 0 Å². The van der Waals surface area contributed by atoms with E-state index in [2.05, 4.69) is 15.9 Å². The Morgan fingerprint density at radius 1 is 1.53 bits per heavy atom. The smallest absolute Gasteiger partial charge is 0.253 e. The van der Waals surface area contributed by atoms with Gasteiger partial charge in [0.1, 0.15) is 5.82 Å². The molecule has 2 rings (SSSR count). The minimum absolute atomic E-state index is 0.163. The minimum atomic E-state index is -0.448. The Hall–Kier alpha value is -0.940. The largest absolute Gasteiger partial charge is 0.391 e. The number of hydrogen-bond donors (Lipinski definition) is 1. The number of rotatable bonds is 1. The fraction of sp³-hybridized carbons (Fsp3) is 0.417. The fourth-order valence-electron chi connectivity index (χ4n) is 1.95. The van der Waals surface area contributed by atoms with Crippen LogP contribution in [-0.4, -0.2) is 35.1 Å². The van der Waals surface area contributed by atoms with Gasteiger partial charge in [-0.3, -0.25) is 4.79 Å². The van der Waals surface area contributed by atoms with Gasteiger partial charge in [0, 0.05) is 18.7 Å². The van der Waals surface area contributed by atoms with Crippen molar-refractivity contribution in [1.82, 2.24) is 4.90 Å². The van der Waals surface area contributed by atoms with Crippen LogP contribution in [0.1, 0.15) is 23.2 Å². The second-order valence-corrected chi connectivity index (χ2v) is 5.03. The monoisotopic (exact) mass is 301 g/mol. The maximum atomic E-state index is 13.1. The van der Waals surface area contributed by atoms with Gasteiger partial charge >= 0.3 is 0 Å². The summed E-state index contributed by atoms with van der Waals surface area (Å²) in [4.78, 5) is 13.7. The number of amides is 1. The standard InChI is InChI=1S/C12H13BrFNO2/c13-10-6-8(3-4-11(10)14)12(17)15-5-1-2-9(16)7-15/h3-4,6,9,16H,1-2,5,7H2. The second-order valence-electron chi connectivity index (χ2n) is 4.18. The summed E-state index contributed by atoms with van der Waals surface area (Å²) in [5, 5.41) is 9.51. The van der Waals surface area contributed by atoms with Gasteiger partial charge in [-0.25, -0.2) is 4.39 Å². The van der Waals surface area contributed by atoms with Gasteiger partial charge in [-0.1, -0.05) is 0 Å². The number of piperidine rings is 1. The van der Waals surface area contributed by atoms with E-state index in [9.17, 15) is 14.3 Å². The third-order valence-electron chi connectivity index (χ3n) is 2.85. The third-order valence-corrected chi connectivity index (χ3v) is 3.46. The molecule has 1 aliphatic rings. The van der Waals surface area contributed by atoms with Gasteiger partial charge in [0.2, 0.25) is 0 Å². The van der Waals surface area contributed by atoms with Crippen molar-refractivity contribution in [3.63, 3.8) is 0 Å². The van der Waals surface area contributed by atoms with Crippen LogP contribution in [0, 0.1) is 5.82 Å². The Bertz CT molecular complexity index is 439. The maximum Gasteiger partial charge on any atom is 0.253 e. The Labute approximate surface area is 107 Å². The average molecular weight is 302 g/mol. The minimum Gasteiger partial charge on any atom is -0.391 e. The van der Waals surface area contributed by atoms with Crippen LogP contribution in [0.5, 0.6) is 0 Å². The molecule has 1 unspecified atom stereocenters. The molecule has 1 heterocycles. The molecular formula is C12H13BrFNO2. The first-order valence-corrected chi connectivity index (χ1v) is 6.29. The summed E-state index contributed by atoms with van der Waals surface area (Å²) in [6.07, 6.45) is 1.09. The molecule has 17 heavy (non-hydrogen) atoms. The molecule has 0 spiro atoms. The van der Waals surface area contributed by atoms with Crippen molar-refractivity contribution in [3.8, 4) is 0 Å². The topological polar surface area (TPSA) is 40.5 Å². The molecule has 5 heteroatoms. The number of aliphatic hydroxyl groups excluding tert-OH is 1. The lowest BCUT2D eigenvalue weighted by molar-refractivity contribution is 0.0473. The zero-order valence-electron chi connectivity index (χ0n) is 9.20. The van der Waals surface area contributed by atoms with Gasteiger partial charge in [-0.05, 0) is 47.0 Å². The third kappa shape index (κ3) is 2.84. The highest BCUT2D eigenvalue weighted by Gasteiger charge is 2.23. The Kier molecular flexibility index (Phi) is 3.79. The first-order valence-electron chi connectivity index (χ1n) is 5.50. The number of carbonyl (C=O) groups excluding carboxylic acids is 1. The fourth-order valence-corrected chi connectivity index (χ4v) is 2.33. The lowest BCUT2D eigenvalue weighted by atomic mass is 10.1. The molecule has 0 bridgehead atoms. The number of benzene rings is 1. The second kappa shape index (κ2) is 5.14. The quantitative estimate of drug-likeness (QED) is 0.864. The number of β-amino-alcohol motifs (C(OH)–C–C–N with tert-alkyl or cyclic N) is 1. The van der Waals surface area contributed by atoms with E-state index in [0.717, 1.165) is 12.8 Å². The summed E-state index contributed by atoms with van der Waals surface area (Å²) >= 11 is 3.06. The number of carbonyl (C=O) groups is 1. The van der Waals surface area contributed by atoms with Crippen molar-refractivity contribution >= 4 is 21.8 Å². The number of likely N-dealkylation sites (tertiary alicyclic amines) is 1.